The van der Waals surface area contributed by atoms with E-state index in [9.17, 15) is 5.11 Å². The highest BCUT2D eigenvalue weighted by Gasteiger charge is 2.42. The van der Waals surface area contributed by atoms with Crippen molar-refractivity contribution in [2.24, 2.45) is 7.05 Å². The first-order chi connectivity index (χ1) is 15.0. The Morgan fingerprint density at radius 3 is 2.77 bits per heavy atom. The molecule has 2 bridgehead atoms. The van der Waals surface area contributed by atoms with Crippen LogP contribution in [0.1, 0.15) is 25.7 Å². The van der Waals surface area contributed by atoms with E-state index < -0.39 is 6.17 Å². The summed E-state index contributed by atoms with van der Waals surface area (Å²) in [5, 5.41) is 26.6. The maximum Gasteiger partial charge on any atom is 0.245 e. The normalized spacial score (nSPS) is 25.4. The number of fused-ring (bicyclic) bond motifs is 2. The summed E-state index contributed by atoms with van der Waals surface area (Å²) in [6.07, 6.45) is 8.00. The standard InChI is InChI=1S/C22H26FN7O/c1-29-12-14(10-25-29)13-6-7-16(20(31)8-13)18-11-24-22(28-27-18)30(2)19-9-15-4-3-5-17(26-15)21(19)23/h6-8,10-12,15,17,19,21,26,31H,3-5,9H2,1-2H3/t15-,17+,19-,21+/m0/s1. The maximum atomic E-state index is 15.0. The Balaban J connectivity index is 1.35. The van der Waals surface area contributed by atoms with Crippen molar-refractivity contribution in [1.82, 2.24) is 30.3 Å². The zero-order chi connectivity index (χ0) is 21.5. The van der Waals surface area contributed by atoms with Crippen LogP contribution in [0.2, 0.25) is 0 Å². The van der Waals surface area contributed by atoms with Gasteiger partial charge in [-0.2, -0.15) is 5.10 Å². The minimum absolute atomic E-state index is 0.0913. The SMILES string of the molecule is CN(c1ncc(-c2ccc(-c3cnn(C)c3)cc2O)nn1)[C@H]1C[C@@H]2CCC[C@@H](N2)[C@H]1F. The molecule has 2 fully saturated rings. The molecule has 1 aromatic carbocycles. The van der Waals surface area contributed by atoms with Gasteiger partial charge in [0, 0.05) is 43.5 Å². The average Bonchev–Trinajstić information content (AvgIpc) is 3.22. The Hall–Kier alpha value is -3.07. The van der Waals surface area contributed by atoms with E-state index >= 15 is 4.39 Å². The predicted octanol–water partition coefficient (Wildman–Crippen LogP) is 2.70. The number of nitrogens with one attached hydrogen (secondary N) is 1. The van der Waals surface area contributed by atoms with Crippen LogP contribution in [0.15, 0.2) is 36.8 Å². The van der Waals surface area contributed by atoms with E-state index in [4.69, 9.17) is 0 Å². The summed E-state index contributed by atoms with van der Waals surface area (Å²) in [5.74, 6) is 0.483. The first-order valence-electron chi connectivity index (χ1n) is 10.6. The lowest BCUT2D eigenvalue weighted by molar-refractivity contribution is 0.106. The summed E-state index contributed by atoms with van der Waals surface area (Å²) in [6.45, 7) is 0. The van der Waals surface area contributed by atoms with Crippen LogP contribution in [0, 0.1) is 0 Å². The van der Waals surface area contributed by atoms with Crippen molar-refractivity contribution in [3.63, 3.8) is 0 Å². The second-order valence-electron chi connectivity index (χ2n) is 8.54. The smallest absolute Gasteiger partial charge is 0.245 e. The fourth-order valence-corrected chi connectivity index (χ4v) is 4.75. The van der Waals surface area contributed by atoms with Gasteiger partial charge in [0.05, 0.1) is 18.4 Å². The zero-order valence-electron chi connectivity index (χ0n) is 17.6. The number of hydrogen-bond donors (Lipinski definition) is 2. The molecule has 162 valence electrons. The molecule has 31 heavy (non-hydrogen) atoms. The van der Waals surface area contributed by atoms with Crippen molar-refractivity contribution < 1.29 is 9.50 Å². The fraction of sp³-hybridized carbons (Fsp3) is 0.455. The third kappa shape index (κ3) is 3.74. The van der Waals surface area contributed by atoms with Crippen LogP contribution in [0.25, 0.3) is 22.4 Å². The van der Waals surface area contributed by atoms with Crippen LogP contribution >= 0.6 is 0 Å². The predicted molar refractivity (Wildman–Crippen MR) is 115 cm³/mol. The van der Waals surface area contributed by atoms with Crippen LogP contribution in [-0.2, 0) is 7.05 Å². The Kier molecular flexibility index (Phi) is 5.05. The monoisotopic (exact) mass is 423 g/mol. The third-order valence-corrected chi connectivity index (χ3v) is 6.47. The molecule has 0 aliphatic carbocycles. The molecule has 0 amide bonds. The molecule has 4 heterocycles. The summed E-state index contributed by atoms with van der Waals surface area (Å²) in [5.41, 5.74) is 2.78. The van der Waals surface area contributed by atoms with Crippen molar-refractivity contribution in [3.8, 4) is 28.1 Å². The van der Waals surface area contributed by atoms with Gasteiger partial charge in [0.2, 0.25) is 5.95 Å². The lowest BCUT2D eigenvalue weighted by Crippen LogP contribution is -2.61. The van der Waals surface area contributed by atoms with Crippen molar-refractivity contribution in [1.29, 1.82) is 0 Å². The van der Waals surface area contributed by atoms with Gasteiger partial charge in [-0.15, -0.1) is 10.2 Å². The van der Waals surface area contributed by atoms with Crippen LogP contribution in [-0.4, -0.2) is 61.4 Å². The molecule has 9 heteroatoms. The number of benzene rings is 1. The second-order valence-corrected chi connectivity index (χ2v) is 8.54. The molecule has 5 rings (SSSR count). The lowest BCUT2D eigenvalue weighted by Gasteiger charge is -2.45. The van der Waals surface area contributed by atoms with Gasteiger partial charge in [0.1, 0.15) is 17.6 Å². The first-order valence-corrected chi connectivity index (χ1v) is 10.6. The molecule has 8 nitrogen and oxygen atoms in total. The molecule has 0 radical (unpaired) electrons. The number of alkyl halides is 1. The number of aromatic hydroxyl groups is 1. The maximum absolute atomic E-state index is 15.0. The average molecular weight is 423 g/mol. The van der Waals surface area contributed by atoms with E-state index in [1.165, 1.54) is 0 Å². The van der Waals surface area contributed by atoms with Crippen molar-refractivity contribution in [3.05, 3.63) is 36.8 Å². The van der Waals surface area contributed by atoms with Gasteiger partial charge in [-0.05, 0) is 37.0 Å². The number of aromatic nitrogens is 5. The van der Waals surface area contributed by atoms with Crippen molar-refractivity contribution in [2.75, 3.05) is 11.9 Å². The van der Waals surface area contributed by atoms with Gasteiger partial charge in [0.25, 0.3) is 0 Å². The molecule has 0 spiro atoms. The van der Waals surface area contributed by atoms with Crippen LogP contribution in [0.5, 0.6) is 5.75 Å². The molecule has 2 aliphatic rings. The molecule has 4 atom stereocenters. The highest BCUT2D eigenvalue weighted by molar-refractivity contribution is 5.73. The highest BCUT2D eigenvalue weighted by atomic mass is 19.1. The second kappa shape index (κ2) is 7.88. The largest absolute Gasteiger partial charge is 0.507 e. The van der Waals surface area contributed by atoms with Crippen LogP contribution in [0.3, 0.4) is 0 Å². The van der Waals surface area contributed by atoms with E-state index in [1.807, 2.05) is 26.4 Å². The number of phenols is 1. The van der Waals surface area contributed by atoms with Crippen LogP contribution in [0.4, 0.5) is 10.3 Å². The molecule has 0 unspecified atom stereocenters. The lowest BCUT2D eigenvalue weighted by atomic mass is 9.82. The Labute approximate surface area is 180 Å². The Bertz CT molecular complexity index is 1070. The summed E-state index contributed by atoms with van der Waals surface area (Å²) < 4.78 is 16.7. The van der Waals surface area contributed by atoms with Gasteiger partial charge in [-0.1, -0.05) is 12.5 Å². The molecule has 2 aliphatic heterocycles. The minimum atomic E-state index is -0.964. The highest BCUT2D eigenvalue weighted by Crippen LogP contribution is 2.33. The molecule has 0 saturated carbocycles. The number of rotatable bonds is 4. The van der Waals surface area contributed by atoms with Crippen LogP contribution < -0.4 is 10.2 Å². The van der Waals surface area contributed by atoms with E-state index in [0.717, 1.165) is 36.8 Å². The van der Waals surface area contributed by atoms with Crippen molar-refractivity contribution in [2.45, 2.75) is 50.0 Å². The van der Waals surface area contributed by atoms with E-state index in [2.05, 4.69) is 25.6 Å². The number of aryl methyl sites for hydroxylation is 1. The van der Waals surface area contributed by atoms with E-state index in [1.54, 1.807) is 34.1 Å². The van der Waals surface area contributed by atoms with Gasteiger partial charge >= 0.3 is 0 Å². The molecular formula is C22H26FN7O. The summed E-state index contributed by atoms with van der Waals surface area (Å²) >= 11 is 0. The number of anilines is 1. The summed E-state index contributed by atoms with van der Waals surface area (Å²) in [7, 11) is 3.67. The topological polar surface area (TPSA) is 92.0 Å². The van der Waals surface area contributed by atoms with E-state index in [0.29, 0.717) is 23.2 Å². The Morgan fingerprint density at radius 2 is 2.06 bits per heavy atom. The molecule has 2 saturated heterocycles. The minimum Gasteiger partial charge on any atom is -0.507 e. The first kappa shape index (κ1) is 19.9. The third-order valence-electron chi connectivity index (χ3n) is 6.47. The van der Waals surface area contributed by atoms with Crippen molar-refractivity contribution >= 4 is 5.95 Å². The van der Waals surface area contributed by atoms with Gasteiger partial charge in [-0.25, -0.2) is 9.37 Å². The fourth-order valence-electron chi connectivity index (χ4n) is 4.75. The number of piperidine rings is 2. The van der Waals surface area contributed by atoms with E-state index in [-0.39, 0.29) is 17.8 Å². The Morgan fingerprint density at radius 1 is 1.19 bits per heavy atom. The number of nitrogens with zero attached hydrogens (tertiary/aromatic N) is 6. The number of hydrogen-bond acceptors (Lipinski definition) is 7. The van der Waals surface area contributed by atoms with Gasteiger partial charge < -0.3 is 15.3 Å². The molecule has 3 aromatic rings. The molecular weight excluding hydrogens is 397 g/mol. The number of phenolic OH excluding ortho intramolecular Hbond substituents is 1. The summed E-state index contributed by atoms with van der Waals surface area (Å²) in [4.78, 5) is 6.23. The molecule has 2 N–H and O–H groups in total. The zero-order valence-corrected chi connectivity index (χ0v) is 17.6. The summed E-state index contributed by atoms with van der Waals surface area (Å²) in [6, 6.07) is 5.35. The quantitative estimate of drug-likeness (QED) is 0.667. The van der Waals surface area contributed by atoms with Gasteiger partial charge in [0.15, 0.2) is 0 Å². The molecule has 2 aromatic heterocycles. The number of halogens is 1. The van der Waals surface area contributed by atoms with Gasteiger partial charge in [-0.3, -0.25) is 4.68 Å².